The van der Waals surface area contributed by atoms with Crippen LogP contribution in [0.5, 0.6) is 0 Å². The number of hydrogen-bond acceptors (Lipinski definition) is 2. The van der Waals surface area contributed by atoms with Gasteiger partial charge in [-0.3, -0.25) is 0 Å². The van der Waals surface area contributed by atoms with E-state index in [9.17, 15) is 9.50 Å². The van der Waals surface area contributed by atoms with Gasteiger partial charge in [0, 0.05) is 21.4 Å². The summed E-state index contributed by atoms with van der Waals surface area (Å²) in [4.78, 5) is 1.02. The van der Waals surface area contributed by atoms with Crippen molar-refractivity contribution in [3.8, 4) is 0 Å². The van der Waals surface area contributed by atoms with E-state index < -0.39 is 5.60 Å². The summed E-state index contributed by atoms with van der Waals surface area (Å²) in [6, 6.07) is 6.90. The molecule has 0 spiro atoms. The number of fused-ring (bicyclic) bond motifs is 1. The molecule has 80 valence electrons. The molecule has 3 heteroatoms. The number of halogens is 1. The molecule has 0 atom stereocenters. The van der Waals surface area contributed by atoms with Crippen molar-refractivity contribution in [1.29, 1.82) is 0 Å². The van der Waals surface area contributed by atoms with Crippen molar-refractivity contribution in [2.45, 2.75) is 25.9 Å². The standard InChI is InChI=1S/C12H13FOS/c1-12(2,14)7-8-6-9-10(13)4-3-5-11(9)15-8/h3-6,14H,7H2,1-2H3. The Morgan fingerprint density at radius 2 is 2.13 bits per heavy atom. The molecular formula is C12H13FOS. The molecule has 0 bridgehead atoms. The van der Waals surface area contributed by atoms with Crippen molar-refractivity contribution in [3.05, 3.63) is 35.0 Å². The summed E-state index contributed by atoms with van der Waals surface area (Å²) in [6.07, 6.45) is 0.561. The fourth-order valence-electron chi connectivity index (χ4n) is 1.59. The maximum absolute atomic E-state index is 13.4. The minimum atomic E-state index is -0.739. The Kier molecular flexibility index (Phi) is 2.52. The average molecular weight is 224 g/mol. The van der Waals surface area contributed by atoms with Crippen molar-refractivity contribution >= 4 is 21.4 Å². The SMILES string of the molecule is CC(C)(O)Cc1cc2c(F)cccc2s1. The molecule has 1 nitrogen and oxygen atoms in total. The van der Waals surface area contributed by atoms with Crippen LogP contribution in [0, 0.1) is 5.82 Å². The second-order valence-electron chi connectivity index (χ2n) is 4.35. The van der Waals surface area contributed by atoms with E-state index in [-0.39, 0.29) is 5.82 Å². The van der Waals surface area contributed by atoms with E-state index in [2.05, 4.69) is 0 Å². The lowest BCUT2D eigenvalue weighted by atomic mass is 10.0. The lowest BCUT2D eigenvalue weighted by molar-refractivity contribution is 0.0819. The van der Waals surface area contributed by atoms with Crippen LogP contribution in [-0.4, -0.2) is 10.7 Å². The van der Waals surface area contributed by atoms with Gasteiger partial charge in [0.15, 0.2) is 0 Å². The predicted molar refractivity (Wildman–Crippen MR) is 61.8 cm³/mol. The zero-order valence-electron chi connectivity index (χ0n) is 8.75. The third-order valence-corrected chi connectivity index (χ3v) is 3.27. The Balaban J connectivity index is 2.44. The minimum Gasteiger partial charge on any atom is -0.390 e. The Morgan fingerprint density at radius 3 is 2.73 bits per heavy atom. The van der Waals surface area contributed by atoms with Crippen LogP contribution in [0.1, 0.15) is 18.7 Å². The first-order valence-electron chi connectivity index (χ1n) is 4.85. The molecule has 0 radical (unpaired) electrons. The zero-order valence-corrected chi connectivity index (χ0v) is 9.57. The van der Waals surface area contributed by atoms with Crippen molar-refractivity contribution in [1.82, 2.24) is 0 Å². The number of rotatable bonds is 2. The van der Waals surface area contributed by atoms with Crippen molar-refractivity contribution in [2.24, 2.45) is 0 Å². The number of thiophene rings is 1. The lowest BCUT2D eigenvalue weighted by Crippen LogP contribution is -2.20. The molecule has 0 aliphatic rings. The van der Waals surface area contributed by atoms with Gasteiger partial charge in [-0.15, -0.1) is 11.3 Å². The first-order valence-corrected chi connectivity index (χ1v) is 5.67. The van der Waals surface area contributed by atoms with E-state index in [0.29, 0.717) is 11.8 Å². The predicted octanol–water partition coefficient (Wildman–Crippen LogP) is 3.35. The fourth-order valence-corrected chi connectivity index (χ4v) is 2.89. The normalized spacial score (nSPS) is 12.3. The third kappa shape index (κ3) is 2.36. The molecule has 1 aromatic heterocycles. The summed E-state index contributed by atoms with van der Waals surface area (Å²) in [6.45, 7) is 3.52. The first kappa shape index (κ1) is 10.6. The zero-order chi connectivity index (χ0) is 11.1. The van der Waals surface area contributed by atoms with Crippen molar-refractivity contribution in [2.75, 3.05) is 0 Å². The second kappa shape index (κ2) is 3.58. The average Bonchev–Trinajstić information content (AvgIpc) is 2.45. The van der Waals surface area contributed by atoms with Gasteiger partial charge >= 0.3 is 0 Å². The van der Waals surface area contributed by atoms with Crippen LogP contribution >= 0.6 is 11.3 Å². The Bertz CT molecular complexity index is 482. The van der Waals surface area contributed by atoms with Gasteiger partial charge in [0.05, 0.1) is 5.60 Å². The van der Waals surface area contributed by atoms with Gasteiger partial charge in [-0.05, 0) is 32.0 Å². The maximum Gasteiger partial charge on any atom is 0.131 e. The van der Waals surface area contributed by atoms with E-state index in [1.165, 1.54) is 17.4 Å². The van der Waals surface area contributed by atoms with Crippen LogP contribution in [0.15, 0.2) is 24.3 Å². The van der Waals surface area contributed by atoms with Crippen LogP contribution < -0.4 is 0 Å². The summed E-state index contributed by atoms with van der Waals surface area (Å²) >= 11 is 1.54. The maximum atomic E-state index is 13.4. The molecule has 2 rings (SSSR count). The highest BCUT2D eigenvalue weighted by atomic mass is 32.1. The number of aliphatic hydroxyl groups is 1. The van der Waals surface area contributed by atoms with Crippen LogP contribution in [-0.2, 0) is 6.42 Å². The van der Waals surface area contributed by atoms with E-state index in [1.54, 1.807) is 19.9 Å². The van der Waals surface area contributed by atoms with Crippen LogP contribution in [0.4, 0.5) is 4.39 Å². The molecule has 0 aliphatic heterocycles. The van der Waals surface area contributed by atoms with Gasteiger partial charge in [0.2, 0.25) is 0 Å². The number of hydrogen-bond donors (Lipinski definition) is 1. The molecule has 0 aliphatic carbocycles. The first-order chi connectivity index (χ1) is 6.96. The Morgan fingerprint density at radius 1 is 1.40 bits per heavy atom. The molecule has 0 amide bonds. The molecular weight excluding hydrogens is 211 g/mol. The molecule has 0 saturated heterocycles. The quantitative estimate of drug-likeness (QED) is 0.829. The van der Waals surface area contributed by atoms with Crippen molar-refractivity contribution < 1.29 is 9.50 Å². The highest BCUT2D eigenvalue weighted by Crippen LogP contribution is 2.29. The Hall–Kier alpha value is -0.930. The van der Waals surface area contributed by atoms with E-state index in [0.717, 1.165) is 9.58 Å². The highest BCUT2D eigenvalue weighted by Gasteiger charge is 2.16. The minimum absolute atomic E-state index is 0.189. The fraction of sp³-hybridized carbons (Fsp3) is 0.333. The van der Waals surface area contributed by atoms with Crippen LogP contribution in [0.2, 0.25) is 0 Å². The van der Waals surface area contributed by atoms with E-state index in [1.807, 2.05) is 12.1 Å². The second-order valence-corrected chi connectivity index (χ2v) is 5.52. The Labute approximate surface area is 92.2 Å². The summed E-state index contributed by atoms with van der Waals surface area (Å²) in [5.41, 5.74) is -0.739. The summed E-state index contributed by atoms with van der Waals surface area (Å²) in [5, 5.41) is 10.3. The van der Waals surface area contributed by atoms with Crippen LogP contribution in [0.25, 0.3) is 10.1 Å². The molecule has 0 saturated carbocycles. The van der Waals surface area contributed by atoms with Gasteiger partial charge in [-0.25, -0.2) is 4.39 Å². The molecule has 1 aromatic carbocycles. The summed E-state index contributed by atoms with van der Waals surface area (Å²) in [5.74, 6) is -0.189. The van der Waals surface area contributed by atoms with Gasteiger partial charge in [0.25, 0.3) is 0 Å². The van der Waals surface area contributed by atoms with Gasteiger partial charge in [-0.1, -0.05) is 6.07 Å². The van der Waals surface area contributed by atoms with E-state index in [4.69, 9.17) is 0 Å². The lowest BCUT2D eigenvalue weighted by Gasteiger charge is -2.14. The summed E-state index contributed by atoms with van der Waals surface area (Å²) < 4.78 is 14.3. The van der Waals surface area contributed by atoms with Crippen LogP contribution in [0.3, 0.4) is 0 Å². The van der Waals surface area contributed by atoms with E-state index >= 15 is 0 Å². The molecule has 1 N–H and O–H groups in total. The smallest absolute Gasteiger partial charge is 0.131 e. The van der Waals surface area contributed by atoms with Gasteiger partial charge in [0.1, 0.15) is 5.82 Å². The molecule has 0 unspecified atom stereocenters. The van der Waals surface area contributed by atoms with Gasteiger partial charge in [-0.2, -0.15) is 0 Å². The number of benzene rings is 1. The topological polar surface area (TPSA) is 20.2 Å². The molecule has 15 heavy (non-hydrogen) atoms. The molecule has 1 heterocycles. The van der Waals surface area contributed by atoms with Crippen molar-refractivity contribution in [3.63, 3.8) is 0 Å². The largest absolute Gasteiger partial charge is 0.390 e. The third-order valence-electron chi connectivity index (χ3n) is 2.17. The highest BCUT2D eigenvalue weighted by molar-refractivity contribution is 7.19. The molecule has 2 aromatic rings. The molecule has 0 fully saturated rings. The summed E-state index contributed by atoms with van der Waals surface area (Å²) in [7, 11) is 0. The van der Waals surface area contributed by atoms with Gasteiger partial charge < -0.3 is 5.11 Å². The monoisotopic (exact) mass is 224 g/mol.